The number of carbonyl (C=O) groups is 1. The highest BCUT2D eigenvalue weighted by molar-refractivity contribution is 7.14. The topological polar surface area (TPSA) is 68.0 Å². The van der Waals surface area contributed by atoms with E-state index in [1.54, 1.807) is 0 Å². The van der Waals surface area contributed by atoms with Crippen molar-refractivity contribution in [3.05, 3.63) is 38.8 Å². The summed E-state index contributed by atoms with van der Waals surface area (Å²) in [5.41, 5.74) is 7.19. The maximum Gasteiger partial charge on any atom is 0.257 e. The van der Waals surface area contributed by atoms with Crippen molar-refractivity contribution < 1.29 is 4.79 Å². The molecule has 0 spiro atoms. The number of benzene rings is 1. The normalized spacial score (nSPS) is 10.8. The molecule has 1 heterocycles. The van der Waals surface area contributed by atoms with E-state index >= 15 is 0 Å². The van der Waals surface area contributed by atoms with Gasteiger partial charge in [0.25, 0.3) is 5.91 Å². The van der Waals surface area contributed by atoms with E-state index in [-0.39, 0.29) is 21.6 Å². The lowest BCUT2D eigenvalue weighted by atomic mass is 10.2. The lowest BCUT2D eigenvalue weighted by Crippen LogP contribution is -2.12. The molecule has 1 amide bonds. The second-order valence-corrected chi connectivity index (χ2v) is 6.21. The Morgan fingerprint density at radius 3 is 2.45 bits per heavy atom. The van der Waals surface area contributed by atoms with Crippen LogP contribution in [-0.2, 0) is 0 Å². The molecule has 0 aliphatic carbocycles. The summed E-state index contributed by atoms with van der Waals surface area (Å²) in [4.78, 5) is 16.4. The van der Waals surface area contributed by atoms with Crippen LogP contribution >= 0.6 is 34.5 Å². The number of nitrogens with one attached hydrogen (secondary N) is 1. The van der Waals surface area contributed by atoms with Gasteiger partial charge < -0.3 is 5.73 Å². The molecule has 2 aromatic rings. The van der Waals surface area contributed by atoms with E-state index in [2.05, 4.69) is 10.3 Å². The van der Waals surface area contributed by atoms with Gasteiger partial charge in [0.1, 0.15) is 0 Å². The summed E-state index contributed by atoms with van der Waals surface area (Å²) in [5, 5.41) is 5.69. The van der Waals surface area contributed by atoms with E-state index in [1.165, 1.54) is 23.5 Å². The lowest BCUT2D eigenvalue weighted by molar-refractivity contribution is 0.102. The minimum Gasteiger partial charge on any atom is -0.396 e. The third-order valence-corrected chi connectivity index (χ3v) is 4.08. The van der Waals surface area contributed by atoms with Crippen molar-refractivity contribution in [3.63, 3.8) is 0 Å². The summed E-state index contributed by atoms with van der Waals surface area (Å²) >= 11 is 13.2. The Hall–Kier alpha value is -1.30. The molecule has 3 N–H and O–H groups in total. The summed E-state index contributed by atoms with van der Waals surface area (Å²) in [7, 11) is 0. The zero-order valence-electron chi connectivity index (χ0n) is 10.9. The number of nitrogens with two attached hydrogens (primary N) is 1. The van der Waals surface area contributed by atoms with Gasteiger partial charge in [0, 0.05) is 10.9 Å². The first-order valence-corrected chi connectivity index (χ1v) is 7.53. The standard InChI is InChI=1S/C13H13Cl2N3OS/c1-6(2)10-5-20-13(17-10)18-12(19)7-3-8(14)11(16)9(15)4-7/h3-6H,16H2,1-2H3,(H,17,18,19). The number of aromatic nitrogens is 1. The fourth-order valence-electron chi connectivity index (χ4n) is 1.49. The van der Waals surface area contributed by atoms with E-state index in [0.717, 1.165) is 5.69 Å². The highest BCUT2D eigenvalue weighted by Gasteiger charge is 2.13. The van der Waals surface area contributed by atoms with Crippen molar-refractivity contribution in [2.45, 2.75) is 19.8 Å². The zero-order chi connectivity index (χ0) is 14.9. The Kier molecular flexibility index (Phi) is 4.52. The lowest BCUT2D eigenvalue weighted by Gasteiger charge is -2.06. The van der Waals surface area contributed by atoms with Crippen LogP contribution in [0.1, 0.15) is 35.8 Å². The first-order valence-electron chi connectivity index (χ1n) is 5.89. The molecule has 2 rings (SSSR count). The molecule has 0 aliphatic rings. The Labute approximate surface area is 130 Å². The van der Waals surface area contributed by atoms with E-state index in [0.29, 0.717) is 16.6 Å². The number of carbonyl (C=O) groups excluding carboxylic acids is 1. The molecule has 0 bridgehead atoms. The molecule has 1 aromatic carbocycles. The van der Waals surface area contributed by atoms with Crippen LogP contribution < -0.4 is 11.1 Å². The molecule has 0 fully saturated rings. The number of hydrogen-bond donors (Lipinski definition) is 2. The van der Waals surface area contributed by atoms with Crippen molar-refractivity contribution in [1.82, 2.24) is 4.98 Å². The van der Waals surface area contributed by atoms with E-state index in [9.17, 15) is 4.79 Å². The molecule has 0 unspecified atom stereocenters. The molecule has 0 atom stereocenters. The molecule has 0 saturated carbocycles. The average molecular weight is 330 g/mol. The number of amides is 1. The first-order chi connectivity index (χ1) is 9.38. The Balaban J connectivity index is 2.19. The van der Waals surface area contributed by atoms with Crippen molar-refractivity contribution in [2.75, 3.05) is 11.1 Å². The number of anilines is 2. The molecular formula is C13H13Cl2N3OS. The summed E-state index contributed by atoms with van der Waals surface area (Å²) in [6.45, 7) is 4.08. The molecule has 20 heavy (non-hydrogen) atoms. The van der Waals surface area contributed by atoms with Crippen LogP contribution in [0.2, 0.25) is 10.0 Å². The van der Waals surface area contributed by atoms with Gasteiger partial charge >= 0.3 is 0 Å². The van der Waals surface area contributed by atoms with Gasteiger partial charge in [-0.05, 0) is 18.1 Å². The Bertz CT molecular complexity index is 632. The number of rotatable bonds is 3. The summed E-state index contributed by atoms with van der Waals surface area (Å²) in [6, 6.07) is 2.96. The number of thiazole rings is 1. The second kappa shape index (κ2) is 5.99. The van der Waals surface area contributed by atoms with Crippen LogP contribution in [-0.4, -0.2) is 10.9 Å². The van der Waals surface area contributed by atoms with Crippen LogP contribution in [0, 0.1) is 0 Å². The van der Waals surface area contributed by atoms with Crippen LogP contribution in [0.3, 0.4) is 0 Å². The molecule has 4 nitrogen and oxygen atoms in total. The van der Waals surface area contributed by atoms with Gasteiger partial charge in [-0.15, -0.1) is 11.3 Å². The molecule has 1 aromatic heterocycles. The monoisotopic (exact) mass is 329 g/mol. The zero-order valence-corrected chi connectivity index (χ0v) is 13.2. The largest absolute Gasteiger partial charge is 0.396 e. The average Bonchev–Trinajstić information content (AvgIpc) is 2.84. The summed E-state index contributed by atoms with van der Waals surface area (Å²) in [5.74, 6) is -0.00392. The van der Waals surface area contributed by atoms with Crippen molar-refractivity contribution in [3.8, 4) is 0 Å². The van der Waals surface area contributed by atoms with Gasteiger partial charge in [0.05, 0.1) is 21.4 Å². The quantitative estimate of drug-likeness (QED) is 0.819. The molecule has 106 valence electrons. The van der Waals surface area contributed by atoms with E-state index in [1.807, 2.05) is 19.2 Å². The highest BCUT2D eigenvalue weighted by Crippen LogP contribution is 2.29. The third-order valence-electron chi connectivity index (χ3n) is 2.68. The van der Waals surface area contributed by atoms with Gasteiger partial charge in [0.2, 0.25) is 0 Å². The van der Waals surface area contributed by atoms with Gasteiger partial charge in [-0.1, -0.05) is 37.0 Å². The van der Waals surface area contributed by atoms with Crippen molar-refractivity contribution in [1.29, 1.82) is 0 Å². The first kappa shape index (κ1) is 15.1. The number of hydrogen-bond acceptors (Lipinski definition) is 4. The van der Waals surface area contributed by atoms with E-state index in [4.69, 9.17) is 28.9 Å². The van der Waals surface area contributed by atoms with Crippen LogP contribution in [0.15, 0.2) is 17.5 Å². The molecule has 0 aliphatic heterocycles. The second-order valence-electron chi connectivity index (χ2n) is 4.54. The predicted octanol–water partition coefficient (Wildman–Crippen LogP) is 4.41. The Morgan fingerprint density at radius 1 is 1.35 bits per heavy atom. The summed E-state index contributed by atoms with van der Waals surface area (Å²) in [6.07, 6.45) is 0. The van der Waals surface area contributed by atoms with Gasteiger partial charge in [-0.25, -0.2) is 4.98 Å². The Morgan fingerprint density at radius 2 is 1.95 bits per heavy atom. The fraction of sp³-hybridized carbons (Fsp3) is 0.231. The fourth-order valence-corrected chi connectivity index (χ4v) is 2.85. The minimum atomic E-state index is -0.321. The summed E-state index contributed by atoms with van der Waals surface area (Å²) < 4.78 is 0. The highest BCUT2D eigenvalue weighted by atomic mass is 35.5. The van der Waals surface area contributed by atoms with E-state index < -0.39 is 0 Å². The van der Waals surface area contributed by atoms with Crippen molar-refractivity contribution in [2.24, 2.45) is 0 Å². The van der Waals surface area contributed by atoms with Crippen LogP contribution in [0.25, 0.3) is 0 Å². The maximum atomic E-state index is 12.1. The van der Waals surface area contributed by atoms with Crippen LogP contribution in [0.4, 0.5) is 10.8 Å². The van der Waals surface area contributed by atoms with Crippen molar-refractivity contribution >= 4 is 51.3 Å². The van der Waals surface area contributed by atoms with Crippen LogP contribution in [0.5, 0.6) is 0 Å². The third kappa shape index (κ3) is 3.23. The number of nitrogen functional groups attached to an aromatic ring is 1. The molecular weight excluding hydrogens is 317 g/mol. The smallest absolute Gasteiger partial charge is 0.257 e. The predicted molar refractivity (Wildman–Crippen MR) is 85.0 cm³/mol. The minimum absolute atomic E-state index is 0.254. The van der Waals surface area contributed by atoms with Gasteiger partial charge in [-0.3, -0.25) is 10.1 Å². The number of halogens is 2. The SMILES string of the molecule is CC(C)c1csc(NC(=O)c2cc(Cl)c(N)c(Cl)c2)n1. The number of nitrogens with zero attached hydrogens (tertiary/aromatic N) is 1. The maximum absolute atomic E-state index is 12.1. The molecule has 7 heteroatoms. The van der Waals surface area contributed by atoms with Gasteiger partial charge in [-0.2, -0.15) is 0 Å². The molecule has 0 saturated heterocycles. The van der Waals surface area contributed by atoms with Gasteiger partial charge in [0.15, 0.2) is 5.13 Å². The molecule has 0 radical (unpaired) electrons.